The Labute approximate surface area is 178 Å². The van der Waals surface area contributed by atoms with E-state index in [1.165, 1.54) is 47.4 Å². The topological polar surface area (TPSA) is 34.9 Å². The summed E-state index contributed by atoms with van der Waals surface area (Å²) in [6, 6.07) is 13.0. The molecule has 0 atom stereocenters. The van der Waals surface area contributed by atoms with E-state index in [0.29, 0.717) is 18.4 Å². The van der Waals surface area contributed by atoms with Crippen molar-refractivity contribution in [1.82, 2.24) is 9.55 Å². The van der Waals surface area contributed by atoms with Gasteiger partial charge in [-0.25, -0.2) is 9.37 Å². The molecular weight excluding hydrogens is 395 g/mol. The summed E-state index contributed by atoms with van der Waals surface area (Å²) in [5.74, 6) is 0.438. The Bertz CT molecular complexity index is 1300. The molecule has 0 amide bonds. The average Bonchev–Trinajstić information content (AvgIpc) is 3.19. The molecule has 0 radical (unpaired) electrons. The molecule has 5 rings (SSSR count). The molecule has 0 saturated carbocycles. The highest BCUT2D eigenvalue weighted by molar-refractivity contribution is 7.17. The molecule has 0 saturated heterocycles. The Morgan fingerprint density at radius 1 is 1.10 bits per heavy atom. The zero-order valence-corrected chi connectivity index (χ0v) is 17.8. The summed E-state index contributed by atoms with van der Waals surface area (Å²) in [6.07, 6.45) is 5.37. The van der Waals surface area contributed by atoms with Gasteiger partial charge in [-0.3, -0.25) is 9.36 Å². The van der Waals surface area contributed by atoms with Crippen LogP contribution in [0.25, 0.3) is 21.3 Å². The molecule has 3 nitrogen and oxygen atoms in total. The summed E-state index contributed by atoms with van der Waals surface area (Å²) in [5, 5.41) is 2.72. The predicted molar refractivity (Wildman–Crippen MR) is 121 cm³/mol. The third-order valence-electron chi connectivity index (χ3n) is 5.98. The van der Waals surface area contributed by atoms with E-state index in [1.54, 1.807) is 10.6 Å². The lowest BCUT2D eigenvalue weighted by molar-refractivity contribution is 0.620. The fourth-order valence-electron chi connectivity index (χ4n) is 4.43. The van der Waals surface area contributed by atoms with Crippen LogP contribution in [0.15, 0.2) is 52.6 Å². The van der Waals surface area contributed by atoms with Crippen LogP contribution in [-0.2, 0) is 25.8 Å². The summed E-state index contributed by atoms with van der Waals surface area (Å²) >= 11 is 1.52. The molecule has 1 aliphatic rings. The Morgan fingerprint density at radius 3 is 2.73 bits per heavy atom. The number of thiophene rings is 1. The third kappa shape index (κ3) is 3.37. The molecule has 0 aliphatic heterocycles. The molecule has 2 heterocycles. The summed E-state index contributed by atoms with van der Waals surface area (Å²) < 4.78 is 15.4. The molecule has 0 bridgehead atoms. The zero-order chi connectivity index (χ0) is 20.7. The number of rotatable bonds is 4. The minimum Gasteiger partial charge on any atom is -0.292 e. The highest BCUT2D eigenvalue weighted by Crippen LogP contribution is 2.34. The second-order valence-corrected chi connectivity index (χ2v) is 8.78. The first-order chi connectivity index (χ1) is 14.6. The summed E-state index contributed by atoms with van der Waals surface area (Å²) in [4.78, 5) is 19.1. The lowest BCUT2D eigenvalue weighted by Crippen LogP contribution is -2.25. The molecule has 0 unspecified atom stereocenters. The van der Waals surface area contributed by atoms with Crippen molar-refractivity contribution < 1.29 is 4.39 Å². The van der Waals surface area contributed by atoms with Crippen molar-refractivity contribution in [1.29, 1.82) is 0 Å². The standard InChI is InChI=1S/C25H23FN2OS/c1-2-22-27-24-23(25(29)28(22)14-16-6-5-9-20(26)12-16)21(15-30-24)19-11-10-17-7-3-4-8-18(17)13-19/h5-6,9-13,15H,2-4,7-8,14H2,1H3. The second kappa shape index (κ2) is 7.80. The van der Waals surface area contributed by atoms with Gasteiger partial charge in [0.1, 0.15) is 16.5 Å². The Hall–Kier alpha value is -2.79. The lowest BCUT2D eigenvalue weighted by Gasteiger charge is -2.16. The van der Waals surface area contributed by atoms with Crippen molar-refractivity contribution in [3.05, 3.63) is 86.5 Å². The van der Waals surface area contributed by atoms with Crippen molar-refractivity contribution in [2.45, 2.75) is 45.6 Å². The van der Waals surface area contributed by atoms with Gasteiger partial charge in [-0.05, 0) is 60.1 Å². The van der Waals surface area contributed by atoms with Crippen molar-refractivity contribution >= 4 is 21.6 Å². The number of nitrogens with zero attached hydrogens (tertiary/aromatic N) is 2. The SMILES string of the molecule is CCc1nc2scc(-c3ccc4c(c3)CCCC4)c2c(=O)n1Cc1cccc(F)c1. The first kappa shape index (κ1) is 19.2. The van der Waals surface area contributed by atoms with Gasteiger partial charge >= 0.3 is 0 Å². The smallest absolute Gasteiger partial charge is 0.263 e. The number of benzene rings is 2. The molecule has 1 aliphatic carbocycles. The van der Waals surface area contributed by atoms with Crippen molar-refractivity contribution in [3.63, 3.8) is 0 Å². The molecule has 4 aromatic rings. The van der Waals surface area contributed by atoms with Crippen LogP contribution in [-0.4, -0.2) is 9.55 Å². The average molecular weight is 419 g/mol. The van der Waals surface area contributed by atoms with E-state index >= 15 is 0 Å². The fraction of sp³-hybridized carbons (Fsp3) is 0.280. The van der Waals surface area contributed by atoms with Gasteiger partial charge in [0, 0.05) is 17.4 Å². The number of halogens is 1. The van der Waals surface area contributed by atoms with Crippen LogP contribution >= 0.6 is 11.3 Å². The van der Waals surface area contributed by atoms with E-state index in [9.17, 15) is 9.18 Å². The van der Waals surface area contributed by atoms with Crippen LogP contribution in [0.4, 0.5) is 4.39 Å². The van der Waals surface area contributed by atoms with Gasteiger partial charge in [0.05, 0.1) is 11.9 Å². The molecule has 0 spiro atoms. The molecule has 2 aromatic heterocycles. The quantitative estimate of drug-likeness (QED) is 0.423. The molecule has 0 fully saturated rings. The van der Waals surface area contributed by atoms with Crippen LogP contribution < -0.4 is 5.56 Å². The van der Waals surface area contributed by atoms with Gasteiger partial charge < -0.3 is 0 Å². The van der Waals surface area contributed by atoms with Gasteiger partial charge in [0.2, 0.25) is 0 Å². The number of hydrogen-bond donors (Lipinski definition) is 0. The van der Waals surface area contributed by atoms with Gasteiger partial charge in [-0.2, -0.15) is 0 Å². The van der Waals surface area contributed by atoms with E-state index in [1.807, 2.05) is 13.0 Å². The Kier molecular flexibility index (Phi) is 4.99. The van der Waals surface area contributed by atoms with E-state index in [0.717, 1.165) is 40.2 Å². The molecule has 30 heavy (non-hydrogen) atoms. The van der Waals surface area contributed by atoms with Crippen molar-refractivity contribution in [2.24, 2.45) is 0 Å². The summed E-state index contributed by atoms with van der Waals surface area (Å²) in [6.45, 7) is 2.32. The number of aromatic nitrogens is 2. The van der Waals surface area contributed by atoms with Gasteiger partial charge in [0.15, 0.2) is 0 Å². The zero-order valence-electron chi connectivity index (χ0n) is 17.0. The minimum atomic E-state index is -0.294. The Morgan fingerprint density at radius 2 is 1.93 bits per heavy atom. The number of hydrogen-bond acceptors (Lipinski definition) is 3. The second-order valence-electron chi connectivity index (χ2n) is 7.92. The van der Waals surface area contributed by atoms with Gasteiger partial charge in [-0.1, -0.05) is 37.3 Å². The predicted octanol–water partition coefficient (Wildman–Crippen LogP) is 5.75. The summed E-state index contributed by atoms with van der Waals surface area (Å²) in [7, 11) is 0. The van der Waals surface area contributed by atoms with E-state index in [4.69, 9.17) is 4.98 Å². The normalized spacial score (nSPS) is 13.5. The molecule has 5 heteroatoms. The number of aryl methyl sites for hydroxylation is 3. The van der Waals surface area contributed by atoms with Crippen molar-refractivity contribution in [2.75, 3.05) is 0 Å². The van der Waals surface area contributed by atoms with Crippen LogP contribution in [0.2, 0.25) is 0 Å². The maximum absolute atomic E-state index is 13.7. The van der Waals surface area contributed by atoms with Crippen LogP contribution in [0, 0.1) is 5.82 Å². The minimum absolute atomic E-state index is 0.0462. The third-order valence-corrected chi connectivity index (χ3v) is 6.85. The first-order valence-corrected chi connectivity index (χ1v) is 11.4. The maximum atomic E-state index is 13.7. The van der Waals surface area contributed by atoms with E-state index in [2.05, 4.69) is 23.6 Å². The Balaban J connectivity index is 1.66. The summed E-state index contributed by atoms with van der Waals surface area (Å²) in [5.41, 5.74) is 5.59. The maximum Gasteiger partial charge on any atom is 0.263 e. The first-order valence-electron chi connectivity index (χ1n) is 10.5. The lowest BCUT2D eigenvalue weighted by atomic mass is 9.89. The largest absolute Gasteiger partial charge is 0.292 e. The highest BCUT2D eigenvalue weighted by Gasteiger charge is 2.18. The molecule has 2 aromatic carbocycles. The molecular formula is C25H23FN2OS. The monoisotopic (exact) mass is 418 g/mol. The fourth-order valence-corrected chi connectivity index (χ4v) is 5.39. The van der Waals surface area contributed by atoms with Crippen LogP contribution in [0.3, 0.4) is 0 Å². The highest BCUT2D eigenvalue weighted by atomic mass is 32.1. The number of fused-ring (bicyclic) bond motifs is 2. The molecule has 152 valence electrons. The molecule has 0 N–H and O–H groups in total. The van der Waals surface area contributed by atoms with Crippen molar-refractivity contribution in [3.8, 4) is 11.1 Å². The van der Waals surface area contributed by atoms with Crippen LogP contribution in [0.1, 0.15) is 42.3 Å². The van der Waals surface area contributed by atoms with Gasteiger partial charge in [-0.15, -0.1) is 11.3 Å². The van der Waals surface area contributed by atoms with E-state index < -0.39 is 0 Å². The van der Waals surface area contributed by atoms with Gasteiger partial charge in [0.25, 0.3) is 5.56 Å². The van der Waals surface area contributed by atoms with Crippen LogP contribution in [0.5, 0.6) is 0 Å². The van der Waals surface area contributed by atoms with E-state index in [-0.39, 0.29) is 11.4 Å².